The minimum atomic E-state index is -0.190. The monoisotopic (exact) mass is 230 g/mol. The smallest absolute Gasteiger partial charge is 0.310 e. The predicted molar refractivity (Wildman–Crippen MR) is 66.4 cm³/mol. The van der Waals surface area contributed by atoms with Crippen molar-refractivity contribution in [3.63, 3.8) is 0 Å². The van der Waals surface area contributed by atoms with Crippen LogP contribution in [0.15, 0.2) is 42.5 Å². The molecular weight excluding hydrogens is 214 g/mol. The first-order valence-corrected chi connectivity index (χ1v) is 5.73. The highest BCUT2D eigenvalue weighted by molar-refractivity contribution is 5.88. The lowest BCUT2D eigenvalue weighted by Crippen LogP contribution is -2.52. The van der Waals surface area contributed by atoms with Crippen LogP contribution in [0.2, 0.25) is 0 Å². The molecule has 0 unspecified atom stereocenters. The van der Waals surface area contributed by atoms with E-state index in [4.69, 9.17) is 4.74 Å². The fraction of sp³-hybridized carbons (Fsp3) is 0.214. The molecule has 2 rings (SSSR count). The second-order valence-corrected chi connectivity index (χ2v) is 3.89. The number of ether oxygens (including phenoxy) is 1. The van der Waals surface area contributed by atoms with Crippen molar-refractivity contribution in [1.82, 2.24) is 0 Å². The molecule has 0 heterocycles. The molecule has 88 valence electrons. The Bertz CT molecular complexity index is 517. The lowest BCUT2D eigenvalue weighted by Gasteiger charge is -2.06. The molecule has 0 aliphatic rings. The summed E-state index contributed by atoms with van der Waals surface area (Å²) in [6, 6.07) is 14.0. The van der Waals surface area contributed by atoms with Crippen molar-refractivity contribution in [3.8, 4) is 0 Å². The van der Waals surface area contributed by atoms with Crippen LogP contribution in [-0.4, -0.2) is 19.1 Å². The molecule has 2 aromatic carbocycles. The molecule has 0 aliphatic heterocycles. The van der Waals surface area contributed by atoms with Crippen LogP contribution in [0.4, 0.5) is 0 Å². The number of carbonyl (C=O) groups excluding carboxylic acids is 1. The molecule has 3 nitrogen and oxygen atoms in total. The number of benzene rings is 2. The van der Waals surface area contributed by atoms with E-state index in [-0.39, 0.29) is 5.97 Å². The number of carbonyl (C=O) groups is 1. The van der Waals surface area contributed by atoms with E-state index in [0.717, 1.165) is 16.3 Å². The van der Waals surface area contributed by atoms with Gasteiger partial charge in [-0.2, -0.15) is 0 Å². The molecule has 0 atom stereocenters. The van der Waals surface area contributed by atoms with Gasteiger partial charge in [0.05, 0.1) is 6.42 Å². The molecular formula is C14H16NO2+. The third-order valence-electron chi connectivity index (χ3n) is 2.62. The third-order valence-corrected chi connectivity index (χ3v) is 2.62. The highest BCUT2D eigenvalue weighted by Crippen LogP contribution is 2.19. The van der Waals surface area contributed by atoms with Gasteiger partial charge in [0.15, 0.2) is 0 Å². The van der Waals surface area contributed by atoms with Crippen LogP contribution in [0.3, 0.4) is 0 Å². The number of fused-ring (bicyclic) bond motifs is 1. The average molecular weight is 230 g/mol. The molecule has 3 N–H and O–H groups in total. The van der Waals surface area contributed by atoms with Crippen molar-refractivity contribution in [2.45, 2.75) is 6.42 Å². The largest absolute Gasteiger partial charge is 0.459 e. The number of esters is 1. The summed E-state index contributed by atoms with van der Waals surface area (Å²) in [5.41, 5.74) is 4.65. The molecule has 0 saturated carbocycles. The van der Waals surface area contributed by atoms with E-state index in [0.29, 0.717) is 19.6 Å². The molecule has 0 saturated heterocycles. The zero-order valence-corrected chi connectivity index (χ0v) is 9.69. The fourth-order valence-corrected chi connectivity index (χ4v) is 1.84. The Morgan fingerprint density at radius 2 is 1.88 bits per heavy atom. The van der Waals surface area contributed by atoms with E-state index < -0.39 is 0 Å². The van der Waals surface area contributed by atoms with E-state index in [2.05, 4.69) is 5.73 Å². The minimum Gasteiger partial charge on any atom is -0.459 e. The van der Waals surface area contributed by atoms with E-state index >= 15 is 0 Å². The topological polar surface area (TPSA) is 53.9 Å². The summed E-state index contributed by atoms with van der Waals surface area (Å²) >= 11 is 0. The Morgan fingerprint density at radius 3 is 2.71 bits per heavy atom. The first kappa shape index (κ1) is 11.6. The van der Waals surface area contributed by atoms with Gasteiger partial charge in [-0.25, -0.2) is 0 Å². The third kappa shape index (κ3) is 2.82. The van der Waals surface area contributed by atoms with Gasteiger partial charge < -0.3 is 10.5 Å². The quantitative estimate of drug-likeness (QED) is 0.801. The summed E-state index contributed by atoms with van der Waals surface area (Å²) in [5.74, 6) is -0.190. The second-order valence-electron chi connectivity index (χ2n) is 3.89. The molecule has 0 aliphatic carbocycles. The van der Waals surface area contributed by atoms with Crippen LogP contribution >= 0.6 is 0 Å². The summed E-state index contributed by atoms with van der Waals surface area (Å²) in [7, 11) is 0. The Kier molecular flexibility index (Phi) is 3.73. The highest BCUT2D eigenvalue weighted by Gasteiger charge is 2.07. The Hall–Kier alpha value is -1.87. The van der Waals surface area contributed by atoms with Gasteiger partial charge in [-0.3, -0.25) is 4.79 Å². The van der Waals surface area contributed by atoms with Crippen LogP contribution in [0, 0.1) is 0 Å². The van der Waals surface area contributed by atoms with Gasteiger partial charge in [0, 0.05) is 0 Å². The van der Waals surface area contributed by atoms with Crippen molar-refractivity contribution in [2.75, 3.05) is 13.2 Å². The molecule has 0 bridgehead atoms. The van der Waals surface area contributed by atoms with E-state index in [9.17, 15) is 4.79 Å². The number of hydrogen-bond donors (Lipinski definition) is 1. The molecule has 2 aromatic rings. The Labute approximate surface area is 100 Å². The molecule has 3 heteroatoms. The summed E-state index contributed by atoms with van der Waals surface area (Å²) in [5, 5.41) is 2.26. The van der Waals surface area contributed by atoms with Crippen LogP contribution in [0.1, 0.15) is 5.56 Å². The van der Waals surface area contributed by atoms with Crippen molar-refractivity contribution in [3.05, 3.63) is 48.0 Å². The first-order valence-electron chi connectivity index (χ1n) is 5.73. The number of hydrogen-bond acceptors (Lipinski definition) is 2. The highest BCUT2D eigenvalue weighted by atomic mass is 16.5. The maximum Gasteiger partial charge on any atom is 0.310 e. The SMILES string of the molecule is [NH3+]CCOC(=O)Cc1cccc2ccccc12. The van der Waals surface area contributed by atoms with E-state index in [1.807, 2.05) is 42.5 Å². The van der Waals surface area contributed by atoms with Gasteiger partial charge in [0.2, 0.25) is 0 Å². The summed E-state index contributed by atoms with van der Waals surface area (Å²) in [6.07, 6.45) is 0.321. The predicted octanol–water partition coefficient (Wildman–Crippen LogP) is 1.17. The number of rotatable bonds is 4. The maximum absolute atomic E-state index is 11.6. The lowest BCUT2D eigenvalue weighted by molar-refractivity contribution is -0.372. The van der Waals surface area contributed by atoms with Crippen LogP contribution < -0.4 is 5.73 Å². The van der Waals surface area contributed by atoms with Gasteiger partial charge >= 0.3 is 5.97 Å². The van der Waals surface area contributed by atoms with Crippen LogP contribution in [0.5, 0.6) is 0 Å². The number of quaternary nitrogens is 1. The summed E-state index contributed by atoms with van der Waals surface area (Å²) in [4.78, 5) is 11.6. The second kappa shape index (κ2) is 5.46. The van der Waals surface area contributed by atoms with Crippen molar-refractivity contribution in [1.29, 1.82) is 0 Å². The van der Waals surface area contributed by atoms with Gasteiger partial charge in [-0.1, -0.05) is 42.5 Å². The normalized spacial score (nSPS) is 10.4. The van der Waals surface area contributed by atoms with Gasteiger partial charge in [0.25, 0.3) is 0 Å². The summed E-state index contributed by atoms with van der Waals surface area (Å²) in [6.45, 7) is 1.00. The van der Waals surface area contributed by atoms with Gasteiger partial charge in [0.1, 0.15) is 13.2 Å². The van der Waals surface area contributed by atoms with E-state index in [1.54, 1.807) is 0 Å². The van der Waals surface area contributed by atoms with E-state index in [1.165, 1.54) is 0 Å². The van der Waals surface area contributed by atoms with Crippen molar-refractivity contribution >= 4 is 16.7 Å². The average Bonchev–Trinajstić information content (AvgIpc) is 2.37. The van der Waals surface area contributed by atoms with Gasteiger partial charge in [-0.15, -0.1) is 0 Å². The molecule has 0 aromatic heterocycles. The Morgan fingerprint density at radius 1 is 1.12 bits per heavy atom. The fourth-order valence-electron chi connectivity index (χ4n) is 1.84. The van der Waals surface area contributed by atoms with Crippen LogP contribution in [-0.2, 0) is 16.0 Å². The molecule has 0 spiro atoms. The zero-order chi connectivity index (χ0) is 12.1. The molecule has 0 amide bonds. The molecule has 0 radical (unpaired) electrons. The standard InChI is InChI=1S/C14H15NO2/c15-8-9-17-14(16)10-12-6-3-5-11-4-1-2-7-13(11)12/h1-7H,8-10,15H2/p+1. The van der Waals surface area contributed by atoms with Crippen molar-refractivity contribution in [2.24, 2.45) is 0 Å². The van der Waals surface area contributed by atoms with Crippen molar-refractivity contribution < 1.29 is 15.3 Å². The molecule has 0 fully saturated rings. The first-order chi connectivity index (χ1) is 8.31. The Balaban J connectivity index is 2.21. The lowest BCUT2D eigenvalue weighted by atomic mass is 10.0. The van der Waals surface area contributed by atoms with Gasteiger partial charge in [-0.05, 0) is 16.3 Å². The molecule has 17 heavy (non-hydrogen) atoms. The van der Waals surface area contributed by atoms with Crippen LogP contribution in [0.25, 0.3) is 10.8 Å². The summed E-state index contributed by atoms with van der Waals surface area (Å²) < 4.78 is 5.04. The maximum atomic E-state index is 11.6. The minimum absolute atomic E-state index is 0.190. The zero-order valence-electron chi connectivity index (χ0n) is 9.69.